The van der Waals surface area contributed by atoms with Crippen LogP contribution < -0.4 is 0 Å². The van der Waals surface area contributed by atoms with Crippen LogP contribution in [0, 0.1) is 18.3 Å². The van der Waals surface area contributed by atoms with Gasteiger partial charge in [0.25, 0.3) is 0 Å². The van der Waals surface area contributed by atoms with Crippen LogP contribution in [0.1, 0.15) is 33.1 Å². The van der Waals surface area contributed by atoms with Crippen molar-refractivity contribution in [2.45, 2.75) is 33.1 Å². The minimum atomic E-state index is 0.568. The second kappa shape index (κ2) is 2.08. The lowest BCUT2D eigenvalue weighted by atomic mass is 9.78. The van der Waals surface area contributed by atoms with E-state index in [1.54, 1.807) is 0 Å². The fraction of sp³-hybridized carbons (Fsp3) is 0.750. The van der Waals surface area contributed by atoms with E-state index in [2.05, 4.69) is 26.7 Å². The van der Waals surface area contributed by atoms with Gasteiger partial charge in [-0.2, -0.15) is 0 Å². The molecular formula is C8H14. The third kappa shape index (κ3) is 1.50. The third-order valence-electron chi connectivity index (χ3n) is 1.73. The second-order valence-corrected chi connectivity index (χ2v) is 3.39. The lowest BCUT2D eigenvalue weighted by Crippen LogP contribution is -2.15. The summed E-state index contributed by atoms with van der Waals surface area (Å²) in [7, 11) is 0. The van der Waals surface area contributed by atoms with Crippen molar-refractivity contribution in [3.8, 4) is 0 Å². The highest BCUT2D eigenvalue weighted by Gasteiger charge is 2.20. The van der Waals surface area contributed by atoms with Crippen LogP contribution in [0.3, 0.4) is 0 Å². The fourth-order valence-corrected chi connectivity index (χ4v) is 1.15. The van der Waals surface area contributed by atoms with E-state index in [0.29, 0.717) is 5.41 Å². The van der Waals surface area contributed by atoms with E-state index in [4.69, 9.17) is 0 Å². The molecule has 1 aliphatic carbocycles. The molecule has 1 saturated carbocycles. The molecule has 0 bridgehead atoms. The zero-order chi connectivity index (χ0) is 6.04. The van der Waals surface area contributed by atoms with Crippen molar-refractivity contribution in [1.29, 1.82) is 0 Å². The van der Waals surface area contributed by atoms with Crippen LogP contribution in [0.4, 0.5) is 0 Å². The van der Waals surface area contributed by atoms with Crippen molar-refractivity contribution in [2.24, 2.45) is 5.41 Å². The van der Waals surface area contributed by atoms with E-state index in [1.807, 2.05) is 0 Å². The predicted molar refractivity (Wildman–Crippen MR) is 36.2 cm³/mol. The molecule has 0 heterocycles. The molecule has 0 aromatic heterocycles. The molecule has 0 spiro atoms. The van der Waals surface area contributed by atoms with Crippen molar-refractivity contribution in [3.63, 3.8) is 0 Å². The molecule has 8 heavy (non-hydrogen) atoms. The molecule has 0 atom stereocenters. The molecule has 46 valence electrons. The quantitative estimate of drug-likeness (QED) is 0.449. The highest BCUT2D eigenvalue weighted by atomic mass is 14.3. The lowest BCUT2D eigenvalue weighted by molar-refractivity contribution is 0.326. The zero-order valence-corrected chi connectivity index (χ0v) is 5.78. The van der Waals surface area contributed by atoms with Crippen molar-refractivity contribution in [1.82, 2.24) is 0 Å². The maximum atomic E-state index is 2.36. The Kier molecular flexibility index (Phi) is 1.59. The maximum absolute atomic E-state index is 2.36. The molecule has 0 aromatic rings. The molecule has 1 aliphatic rings. The Balaban J connectivity index is 2.33. The first kappa shape index (κ1) is 6.12. The van der Waals surface area contributed by atoms with Crippen LogP contribution in [0.15, 0.2) is 0 Å². The molecular weight excluding hydrogens is 96.1 g/mol. The molecule has 0 heteroatoms. The molecule has 0 aromatic carbocycles. The van der Waals surface area contributed by atoms with Gasteiger partial charge in [0.2, 0.25) is 0 Å². The van der Waals surface area contributed by atoms with Gasteiger partial charge in [0.1, 0.15) is 0 Å². The SMILES string of the molecule is CC1(C)C[CH]C[CH]C1. The molecule has 0 amide bonds. The Bertz CT molecular complexity index is 64.1. The zero-order valence-electron chi connectivity index (χ0n) is 5.78. The highest BCUT2D eigenvalue weighted by molar-refractivity contribution is 4.92. The van der Waals surface area contributed by atoms with E-state index in [9.17, 15) is 0 Å². The third-order valence-corrected chi connectivity index (χ3v) is 1.73. The second-order valence-electron chi connectivity index (χ2n) is 3.39. The molecule has 0 unspecified atom stereocenters. The Morgan fingerprint density at radius 2 is 1.62 bits per heavy atom. The predicted octanol–water partition coefficient (Wildman–Crippen LogP) is 2.61. The van der Waals surface area contributed by atoms with Crippen LogP contribution in [0.2, 0.25) is 0 Å². The van der Waals surface area contributed by atoms with Gasteiger partial charge in [-0.1, -0.05) is 13.8 Å². The Labute approximate surface area is 52.3 Å². The first-order chi connectivity index (χ1) is 3.71. The summed E-state index contributed by atoms with van der Waals surface area (Å²) >= 11 is 0. The molecule has 0 nitrogen and oxygen atoms in total. The molecule has 2 radical (unpaired) electrons. The van der Waals surface area contributed by atoms with Gasteiger partial charge in [-0.3, -0.25) is 0 Å². The summed E-state index contributed by atoms with van der Waals surface area (Å²) in [5.74, 6) is 0. The summed E-state index contributed by atoms with van der Waals surface area (Å²) in [6.07, 6.45) is 8.55. The van der Waals surface area contributed by atoms with Gasteiger partial charge >= 0.3 is 0 Å². The van der Waals surface area contributed by atoms with E-state index < -0.39 is 0 Å². The van der Waals surface area contributed by atoms with Gasteiger partial charge in [0.15, 0.2) is 0 Å². The van der Waals surface area contributed by atoms with Crippen LogP contribution in [0.25, 0.3) is 0 Å². The van der Waals surface area contributed by atoms with Gasteiger partial charge in [-0.05, 0) is 37.5 Å². The Morgan fingerprint density at radius 3 is 1.88 bits per heavy atom. The van der Waals surface area contributed by atoms with Crippen molar-refractivity contribution >= 4 is 0 Å². The van der Waals surface area contributed by atoms with Crippen LogP contribution >= 0.6 is 0 Å². The summed E-state index contributed by atoms with van der Waals surface area (Å²) in [5.41, 5.74) is 0.568. The molecule has 1 fully saturated rings. The van der Waals surface area contributed by atoms with Crippen LogP contribution in [-0.4, -0.2) is 0 Å². The number of rotatable bonds is 0. The van der Waals surface area contributed by atoms with Crippen LogP contribution in [-0.2, 0) is 0 Å². The summed E-state index contributed by atoms with van der Waals surface area (Å²) in [6, 6.07) is 0. The monoisotopic (exact) mass is 110 g/mol. The largest absolute Gasteiger partial charge is 0.0599 e. The van der Waals surface area contributed by atoms with Gasteiger partial charge in [-0.15, -0.1) is 0 Å². The standard InChI is InChI=1S/C8H14/c1-8(2)6-4-3-5-7-8/h4-5H,3,6-7H2,1-2H3. The summed E-state index contributed by atoms with van der Waals surface area (Å²) < 4.78 is 0. The minimum Gasteiger partial charge on any atom is -0.0599 e. The average Bonchev–Trinajstić information content (AvgIpc) is 1.65. The summed E-state index contributed by atoms with van der Waals surface area (Å²) in [5, 5.41) is 0. The average molecular weight is 110 g/mol. The lowest BCUT2D eigenvalue weighted by Gasteiger charge is -2.28. The fourth-order valence-electron chi connectivity index (χ4n) is 1.15. The Hall–Kier alpha value is 0. The van der Waals surface area contributed by atoms with Gasteiger partial charge in [-0.25, -0.2) is 0 Å². The topological polar surface area (TPSA) is 0 Å². The summed E-state index contributed by atoms with van der Waals surface area (Å²) in [6.45, 7) is 4.64. The van der Waals surface area contributed by atoms with Gasteiger partial charge in [0.05, 0.1) is 0 Å². The van der Waals surface area contributed by atoms with E-state index in [0.717, 1.165) is 0 Å². The van der Waals surface area contributed by atoms with Crippen molar-refractivity contribution in [2.75, 3.05) is 0 Å². The Morgan fingerprint density at radius 1 is 1.12 bits per heavy atom. The molecule has 0 saturated heterocycles. The number of hydrogen-bond donors (Lipinski definition) is 0. The molecule has 1 rings (SSSR count). The van der Waals surface area contributed by atoms with E-state index >= 15 is 0 Å². The van der Waals surface area contributed by atoms with Crippen molar-refractivity contribution in [3.05, 3.63) is 12.8 Å². The van der Waals surface area contributed by atoms with Gasteiger partial charge < -0.3 is 0 Å². The summed E-state index contributed by atoms with van der Waals surface area (Å²) in [4.78, 5) is 0. The van der Waals surface area contributed by atoms with Crippen LogP contribution in [0.5, 0.6) is 0 Å². The van der Waals surface area contributed by atoms with Crippen molar-refractivity contribution < 1.29 is 0 Å². The first-order valence-corrected chi connectivity index (χ1v) is 3.34. The van der Waals surface area contributed by atoms with E-state index in [-0.39, 0.29) is 0 Å². The van der Waals surface area contributed by atoms with Gasteiger partial charge in [0, 0.05) is 0 Å². The van der Waals surface area contributed by atoms with E-state index in [1.165, 1.54) is 19.3 Å². The molecule has 0 aliphatic heterocycles. The normalized spacial score (nSPS) is 27.8. The first-order valence-electron chi connectivity index (χ1n) is 3.34. The minimum absolute atomic E-state index is 0.568. The smallest absolute Gasteiger partial charge is 0.0349 e. The highest BCUT2D eigenvalue weighted by Crippen LogP contribution is 2.33. The number of hydrogen-bond acceptors (Lipinski definition) is 0. The maximum Gasteiger partial charge on any atom is -0.0349 e. The molecule has 0 N–H and O–H groups in total.